The topological polar surface area (TPSA) is 53.1 Å². The zero-order chi connectivity index (χ0) is 14.8. The summed E-state index contributed by atoms with van der Waals surface area (Å²) < 4.78 is 8.67. The molecule has 0 atom stereocenters. The number of hydrogen-bond acceptors (Lipinski definition) is 3. The van der Waals surface area contributed by atoms with Crippen molar-refractivity contribution in [3.8, 4) is 5.75 Å². The molecule has 0 fully saturated rings. The molecule has 5 heteroatoms. The van der Waals surface area contributed by atoms with Gasteiger partial charge >= 0.3 is 0 Å². The molecule has 1 aromatic heterocycles. The fraction of sp³-hybridized carbons (Fsp3) is 0.188. The predicted molar refractivity (Wildman–Crippen MR) is 88.6 cm³/mol. The largest absolute Gasteiger partial charge is 0.492 e. The number of rotatable bonds is 4. The van der Waals surface area contributed by atoms with E-state index in [0.29, 0.717) is 19.1 Å². The summed E-state index contributed by atoms with van der Waals surface area (Å²) in [6.45, 7) is 3.25. The number of para-hydroxylation sites is 1. The van der Waals surface area contributed by atoms with E-state index in [1.54, 1.807) is 0 Å². The summed E-state index contributed by atoms with van der Waals surface area (Å²) in [5.41, 5.74) is 9.05. The molecule has 0 radical (unpaired) electrons. The van der Waals surface area contributed by atoms with Crippen LogP contribution < -0.4 is 10.5 Å². The van der Waals surface area contributed by atoms with Gasteiger partial charge in [0.15, 0.2) is 0 Å². The summed E-state index contributed by atoms with van der Waals surface area (Å²) in [6, 6.07) is 14.1. The van der Waals surface area contributed by atoms with Crippen LogP contribution in [0.3, 0.4) is 0 Å². The average Bonchev–Trinajstić information content (AvgIpc) is 2.77. The molecular weight excluding hydrogens is 330 g/mol. The van der Waals surface area contributed by atoms with Crippen molar-refractivity contribution in [1.82, 2.24) is 9.55 Å². The summed E-state index contributed by atoms with van der Waals surface area (Å²) in [7, 11) is 0. The second-order valence-electron chi connectivity index (χ2n) is 4.74. The number of ether oxygens (including phenoxy) is 1. The van der Waals surface area contributed by atoms with E-state index in [2.05, 4.69) is 33.0 Å². The zero-order valence-corrected chi connectivity index (χ0v) is 13.3. The van der Waals surface area contributed by atoms with Crippen LogP contribution in [0, 0.1) is 0 Å². The summed E-state index contributed by atoms with van der Waals surface area (Å²) in [5.74, 6) is 1.27. The van der Waals surface area contributed by atoms with Crippen LogP contribution in [0.25, 0.3) is 11.0 Å². The SMILES string of the molecule is CCOc1cccc2c1nc(N)n2Cc1cccc(Br)c1. The zero-order valence-electron chi connectivity index (χ0n) is 11.7. The number of nitrogens with zero attached hydrogens (tertiary/aromatic N) is 2. The van der Waals surface area contributed by atoms with Gasteiger partial charge in [-0.2, -0.15) is 0 Å². The average molecular weight is 346 g/mol. The first-order valence-corrected chi connectivity index (χ1v) is 7.60. The molecule has 4 nitrogen and oxygen atoms in total. The van der Waals surface area contributed by atoms with Crippen molar-refractivity contribution in [2.24, 2.45) is 0 Å². The van der Waals surface area contributed by atoms with Crippen molar-refractivity contribution in [3.63, 3.8) is 0 Å². The van der Waals surface area contributed by atoms with Gasteiger partial charge in [-0.1, -0.05) is 34.1 Å². The molecule has 0 bridgehead atoms. The number of anilines is 1. The van der Waals surface area contributed by atoms with Gasteiger partial charge < -0.3 is 15.0 Å². The number of aromatic nitrogens is 2. The second kappa shape index (κ2) is 5.77. The van der Waals surface area contributed by atoms with Gasteiger partial charge in [0.1, 0.15) is 11.3 Å². The Kier molecular flexibility index (Phi) is 3.84. The van der Waals surface area contributed by atoms with E-state index in [0.717, 1.165) is 26.8 Å². The third-order valence-electron chi connectivity index (χ3n) is 3.30. The van der Waals surface area contributed by atoms with E-state index in [-0.39, 0.29) is 0 Å². The van der Waals surface area contributed by atoms with Crippen LogP contribution in [0.2, 0.25) is 0 Å². The van der Waals surface area contributed by atoms with Gasteiger partial charge in [-0.3, -0.25) is 0 Å². The third kappa shape index (κ3) is 2.74. The van der Waals surface area contributed by atoms with E-state index in [4.69, 9.17) is 10.5 Å². The predicted octanol–water partition coefficient (Wildman–Crippen LogP) is 3.83. The summed E-state index contributed by atoms with van der Waals surface area (Å²) in [6.07, 6.45) is 0. The minimum Gasteiger partial charge on any atom is -0.492 e. The van der Waals surface area contributed by atoms with Crippen molar-refractivity contribution in [3.05, 3.63) is 52.5 Å². The Morgan fingerprint density at radius 2 is 2.05 bits per heavy atom. The van der Waals surface area contributed by atoms with E-state index in [9.17, 15) is 0 Å². The lowest BCUT2D eigenvalue weighted by Crippen LogP contribution is -2.04. The molecule has 0 aliphatic heterocycles. The fourth-order valence-electron chi connectivity index (χ4n) is 2.40. The van der Waals surface area contributed by atoms with Crippen molar-refractivity contribution in [1.29, 1.82) is 0 Å². The van der Waals surface area contributed by atoms with Crippen LogP contribution in [0.5, 0.6) is 5.75 Å². The first-order valence-electron chi connectivity index (χ1n) is 6.81. The number of imidazole rings is 1. The quantitative estimate of drug-likeness (QED) is 0.781. The molecule has 0 spiro atoms. The van der Waals surface area contributed by atoms with Crippen LogP contribution in [-0.4, -0.2) is 16.2 Å². The van der Waals surface area contributed by atoms with Crippen LogP contribution in [0.15, 0.2) is 46.9 Å². The Morgan fingerprint density at radius 1 is 1.24 bits per heavy atom. The molecule has 3 rings (SSSR count). The fourth-order valence-corrected chi connectivity index (χ4v) is 2.84. The van der Waals surface area contributed by atoms with Gasteiger partial charge in [0.05, 0.1) is 18.7 Å². The number of nitrogens with two attached hydrogens (primary N) is 1. The van der Waals surface area contributed by atoms with E-state index < -0.39 is 0 Å². The molecule has 0 saturated carbocycles. The molecule has 0 saturated heterocycles. The lowest BCUT2D eigenvalue weighted by Gasteiger charge is -2.08. The molecule has 21 heavy (non-hydrogen) atoms. The van der Waals surface area contributed by atoms with Gasteiger partial charge in [-0.05, 0) is 36.8 Å². The van der Waals surface area contributed by atoms with Crippen LogP contribution in [-0.2, 0) is 6.54 Å². The maximum Gasteiger partial charge on any atom is 0.201 e. The van der Waals surface area contributed by atoms with E-state index >= 15 is 0 Å². The summed E-state index contributed by atoms with van der Waals surface area (Å²) in [4.78, 5) is 4.45. The van der Waals surface area contributed by atoms with Gasteiger partial charge in [0.2, 0.25) is 5.95 Å². The number of benzene rings is 2. The molecule has 0 unspecified atom stereocenters. The van der Waals surface area contributed by atoms with Gasteiger partial charge in [0, 0.05) is 4.47 Å². The normalized spacial score (nSPS) is 11.0. The lowest BCUT2D eigenvalue weighted by atomic mass is 10.2. The highest BCUT2D eigenvalue weighted by atomic mass is 79.9. The number of hydrogen-bond donors (Lipinski definition) is 1. The molecule has 0 amide bonds. The monoisotopic (exact) mass is 345 g/mol. The maximum atomic E-state index is 6.09. The number of fused-ring (bicyclic) bond motifs is 1. The number of halogens is 1. The van der Waals surface area contributed by atoms with Gasteiger partial charge in [-0.25, -0.2) is 4.98 Å². The molecule has 0 aliphatic carbocycles. The van der Waals surface area contributed by atoms with Crippen molar-refractivity contribution >= 4 is 32.9 Å². The summed E-state index contributed by atoms with van der Waals surface area (Å²) >= 11 is 3.49. The molecule has 0 aliphatic rings. The molecule has 1 heterocycles. The highest BCUT2D eigenvalue weighted by Gasteiger charge is 2.12. The van der Waals surface area contributed by atoms with E-state index in [1.807, 2.05) is 41.8 Å². The first-order chi connectivity index (χ1) is 10.2. The second-order valence-corrected chi connectivity index (χ2v) is 5.66. The summed E-state index contributed by atoms with van der Waals surface area (Å²) in [5, 5.41) is 0. The third-order valence-corrected chi connectivity index (χ3v) is 3.79. The van der Waals surface area contributed by atoms with Crippen molar-refractivity contribution in [2.75, 3.05) is 12.3 Å². The first kappa shape index (κ1) is 13.9. The van der Waals surface area contributed by atoms with Crippen LogP contribution in [0.4, 0.5) is 5.95 Å². The maximum absolute atomic E-state index is 6.09. The van der Waals surface area contributed by atoms with Crippen LogP contribution >= 0.6 is 15.9 Å². The Morgan fingerprint density at radius 3 is 2.81 bits per heavy atom. The van der Waals surface area contributed by atoms with Crippen molar-refractivity contribution in [2.45, 2.75) is 13.5 Å². The Hall–Kier alpha value is -2.01. The Labute approximate surface area is 131 Å². The minimum atomic E-state index is 0.497. The molecular formula is C16H16BrN3O. The highest BCUT2D eigenvalue weighted by Crippen LogP contribution is 2.28. The highest BCUT2D eigenvalue weighted by molar-refractivity contribution is 9.10. The van der Waals surface area contributed by atoms with E-state index in [1.165, 1.54) is 0 Å². The minimum absolute atomic E-state index is 0.497. The Balaban J connectivity index is 2.06. The molecule has 108 valence electrons. The molecule has 2 N–H and O–H groups in total. The van der Waals surface area contributed by atoms with Gasteiger partial charge in [-0.15, -0.1) is 0 Å². The number of nitrogen functional groups attached to an aromatic ring is 1. The van der Waals surface area contributed by atoms with Crippen molar-refractivity contribution < 1.29 is 4.74 Å². The molecule has 3 aromatic rings. The smallest absolute Gasteiger partial charge is 0.201 e. The molecule has 2 aromatic carbocycles. The lowest BCUT2D eigenvalue weighted by molar-refractivity contribution is 0.343. The van der Waals surface area contributed by atoms with Gasteiger partial charge in [0.25, 0.3) is 0 Å². The van der Waals surface area contributed by atoms with Crippen LogP contribution in [0.1, 0.15) is 12.5 Å². The Bertz CT molecular complexity index is 782. The standard InChI is InChI=1S/C16H16BrN3O/c1-2-21-14-8-4-7-13-15(14)19-16(18)20(13)10-11-5-3-6-12(17)9-11/h3-9H,2,10H2,1H3,(H2,18,19).